The Kier molecular flexibility index (Phi) is 4.58. The van der Waals surface area contributed by atoms with E-state index in [1.54, 1.807) is 27.7 Å². The molecular weight excluding hydrogens is 300 g/mol. The Morgan fingerprint density at radius 3 is 1.83 bits per heavy atom. The van der Waals surface area contributed by atoms with E-state index >= 15 is 0 Å². The third-order valence-corrected chi connectivity index (χ3v) is 3.95. The third-order valence-electron chi connectivity index (χ3n) is 3.95. The molecule has 0 aromatic carbocycles. The number of nitrogens with zero attached hydrogens (tertiary/aromatic N) is 1. The highest BCUT2D eigenvalue weighted by molar-refractivity contribution is 5.99. The number of esters is 2. The lowest BCUT2D eigenvalue weighted by molar-refractivity contribution is -0.137. The lowest BCUT2D eigenvalue weighted by Gasteiger charge is -2.29. The van der Waals surface area contributed by atoms with E-state index in [9.17, 15) is 9.59 Å². The number of nitrogens with one attached hydrogen (secondary N) is 1. The summed E-state index contributed by atoms with van der Waals surface area (Å²) >= 11 is 0. The van der Waals surface area contributed by atoms with Crippen LogP contribution in [0.2, 0.25) is 0 Å². The lowest BCUT2D eigenvalue weighted by atomic mass is 9.79. The summed E-state index contributed by atoms with van der Waals surface area (Å²) in [5, 5.41) is 6.98. The first-order chi connectivity index (χ1) is 10.8. The number of hydrogen-bond donors (Lipinski definition) is 1. The molecule has 0 saturated heterocycles. The number of carbonyl (C=O) groups excluding carboxylic acids is 2. The molecule has 0 unspecified atom stereocenters. The largest absolute Gasteiger partial charge is 0.466 e. The first-order valence-electron chi connectivity index (χ1n) is 7.11. The highest BCUT2D eigenvalue weighted by atomic mass is 16.5. The van der Waals surface area contributed by atoms with Crippen molar-refractivity contribution in [2.45, 2.75) is 33.6 Å². The van der Waals surface area contributed by atoms with Crippen molar-refractivity contribution in [1.82, 2.24) is 10.5 Å². The Balaban J connectivity index is 2.75. The van der Waals surface area contributed by atoms with Gasteiger partial charge < -0.3 is 19.3 Å². The molecule has 2 rings (SSSR count). The van der Waals surface area contributed by atoms with E-state index in [4.69, 9.17) is 14.0 Å². The van der Waals surface area contributed by atoms with E-state index in [0.717, 1.165) is 0 Å². The van der Waals surface area contributed by atoms with E-state index in [0.29, 0.717) is 39.6 Å². The Hall–Kier alpha value is -2.57. The van der Waals surface area contributed by atoms with Crippen LogP contribution in [-0.4, -0.2) is 31.3 Å². The summed E-state index contributed by atoms with van der Waals surface area (Å²) < 4.78 is 15.0. The zero-order valence-corrected chi connectivity index (χ0v) is 14.1. The summed E-state index contributed by atoms with van der Waals surface area (Å²) in [5.41, 5.74) is 3.20. The van der Waals surface area contributed by atoms with Crippen LogP contribution in [0, 0.1) is 13.8 Å². The van der Waals surface area contributed by atoms with Crippen LogP contribution < -0.4 is 5.32 Å². The zero-order chi connectivity index (χ0) is 17.3. The van der Waals surface area contributed by atoms with Gasteiger partial charge >= 0.3 is 11.9 Å². The number of allylic oxidation sites excluding steroid dienone is 2. The number of dihydropyridines is 1. The maximum Gasteiger partial charge on any atom is 0.336 e. The van der Waals surface area contributed by atoms with Crippen molar-refractivity contribution in [3.05, 3.63) is 39.6 Å². The Morgan fingerprint density at radius 2 is 1.48 bits per heavy atom. The minimum Gasteiger partial charge on any atom is -0.466 e. The molecule has 0 radical (unpaired) electrons. The number of carbonyl (C=O) groups is 2. The van der Waals surface area contributed by atoms with Gasteiger partial charge in [-0.3, -0.25) is 0 Å². The zero-order valence-electron chi connectivity index (χ0n) is 14.1. The van der Waals surface area contributed by atoms with Crippen LogP contribution in [0.15, 0.2) is 27.1 Å². The quantitative estimate of drug-likeness (QED) is 0.850. The first kappa shape index (κ1) is 16.8. The molecule has 7 nitrogen and oxygen atoms in total. The van der Waals surface area contributed by atoms with E-state index in [1.165, 1.54) is 14.2 Å². The Morgan fingerprint density at radius 1 is 1.00 bits per heavy atom. The summed E-state index contributed by atoms with van der Waals surface area (Å²) in [6.45, 7) is 7.03. The molecule has 2 heterocycles. The van der Waals surface area contributed by atoms with Gasteiger partial charge in [-0.25, -0.2) is 9.59 Å². The van der Waals surface area contributed by atoms with E-state index in [-0.39, 0.29) is 0 Å². The minimum absolute atomic E-state index is 0.341. The molecule has 23 heavy (non-hydrogen) atoms. The summed E-state index contributed by atoms with van der Waals surface area (Å²) in [6.07, 6.45) is 0. The van der Waals surface area contributed by atoms with E-state index in [2.05, 4.69) is 10.5 Å². The van der Waals surface area contributed by atoms with Gasteiger partial charge in [0.15, 0.2) is 0 Å². The topological polar surface area (TPSA) is 90.7 Å². The van der Waals surface area contributed by atoms with Gasteiger partial charge in [-0.1, -0.05) is 5.16 Å². The van der Waals surface area contributed by atoms with Crippen molar-refractivity contribution in [3.63, 3.8) is 0 Å². The van der Waals surface area contributed by atoms with Crippen LogP contribution >= 0.6 is 0 Å². The molecule has 0 atom stereocenters. The molecule has 1 aromatic rings. The fourth-order valence-electron chi connectivity index (χ4n) is 2.95. The number of hydrogen-bond acceptors (Lipinski definition) is 7. The van der Waals surface area contributed by atoms with Crippen LogP contribution in [-0.2, 0) is 19.1 Å². The highest BCUT2D eigenvalue weighted by Crippen LogP contribution is 2.41. The molecule has 7 heteroatoms. The second-order valence-electron chi connectivity index (χ2n) is 5.36. The van der Waals surface area contributed by atoms with Crippen LogP contribution in [0.3, 0.4) is 0 Å². The molecule has 1 aromatic heterocycles. The molecule has 0 amide bonds. The van der Waals surface area contributed by atoms with Crippen molar-refractivity contribution >= 4 is 11.9 Å². The fourth-order valence-corrected chi connectivity index (χ4v) is 2.95. The standard InChI is InChI=1S/C16H20N2O5/c1-7-12(15(19)21-5)14(11-9(3)18-23-10(11)4)13(8(2)17-7)16(20)22-6/h14,17H,1-6H3. The van der Waals surface area contributed by atoms with Crippen molar-refractivity contribution in [3.8, 4) is 0 Å². The van der Waals surface area contributed by atoms with Gasteiger partial charge in [-0.05, 0) is 27.7 Å². The maximum atomic E-state index is 12.3. The van der Waals surface area contributed by atoms with Crippen LogP contribution in [0.5, 0.6) is 0 Å². The predicted molar refractivity (Wildman–Crippen MR) is 81.3 cm³/mol. The van der Waals surface area contributed by atoms with Gasteiger partial charge in [0.05, 0.1) is 37.0 Å². The summed E-state index contributed by atoms with van der Waals surface area (Å²) in [6, 6.07) is 0. The summed E-state index contributed by atoms with van der Waals surface area (Å²) in [5.74, 6) is -1.15. The summed E-state index contributed by atoms with van der Waals surface area (Å²) in [7, 11) is 2.60. The number of aryl methyl sites for hydroxylation is 2. The fraction of sp³-hybridized carbons (Fsp3) is 0.438. The minimum atomic E-state index is -0.651. The second-order valence-corrected chi connectivity index (χ2v) is 5.36. The molecule has 1 N–H and O–H groups in total. The van der Waals surface area contributed by atoms with Gasteiger partial charge in [0.2, 0.25) is 0 Å². The molecule has 0 bridgehead atoms. The molecule has 0 fully saturated rings. The number of rotatable bonds is 3. The van der Waals surface area contributed by atoms with Crippen LogP contribution in [0.1, 0.15) is 36.8 Å². The SMILES string of the molecule is COC(=O)C1=C(C)NC(C)=C(C(=O)OC)C1c1c(C)noc1C. The molecule has 0 spiro atoms. The van der Waals surface area contributed by atoms with Crippen molar-refractivity contribution < 1.29 is 23.6 Å². The van der Waals surface area contributed by atoms with Crippen molar-refractivity contribution in [1.29, 1.82) is 0 Å². The summed E-state index contributed by atoms with van der Waals surface area (Å²) in [4.78, 5) is 24.6. The number of methoxy groups -OCH3 is 2. The lowest BCUT2D eigenvalue weighted by Crippen LogP contribution is -2.32. The van der Waals surface area contributed by atoms with E-state index < -0.39 is 17.9 Å². The Labute approximate surface area is 134 Å². The average Bonchev–Trinajstić information content (AvgIpc) is 2.84. The van der Waals surface area contributed by atoms with Gasteiger partial charge in [0, 0.05) is 17.0 Å². The van der Waals surface area contributed by atoms with Gasteiger partial charge in [-0.2, -0.15) is 0 Å². The molecule has 0 aliphatic carbocycles. The van der Waals surface area contributed by atoms with Crippen LogP contribution in [0.4, 0.5) is 0 Å². The normalized spacial score (nSPS) is 15.6. The molecule has 0 saturated carbocycles. The van der Waals surface area contributed by atoms with Crippen molar-refractivity contribution in [2.75, 3.05) is 14.2 Å². The molecule has 1 aliphatic rings. The van der Waals surface area contributed by atoms with Gasteiger partial charge in [0.1, 0.15) is 5.76 Å². The highest BCUT2D eigenvalue weighted by Gasteiger charge is 2.40. The molecular formula is C16H20N2O5. The van der Waals surface area contributed by atoms with E-state index in [1.807, 2.05) is 0 Å². The maximum absolute atomic E-state index is 12.3. The smallest absolute Gasteiger partial charge is 0.336 e. The second kappa shape index (κ2) is 6.28. The monoisotopic (exact) mass is 320 g/mol. The molecule has 124 valence electrons. The number of ether oxygens (including phenoxy) is 2. The Bertz CT molecular complexity index is 669. The predicted octanol–water partition coefficient (Wildman–Crippen LogP) is 1.87. The van der Waals surface area contributed by atoms with Gasteiger partial charge in [0.25, 0.3) is 0 Å². The number of aromatic nitrogens is 1. The van der Waals surface area contributed by atoms with Crippen molar-refractivity contribution in [2.24, 2.45) is 0 Å². The average molecular weight is 320 g/mol. The van der Waals surface area contributed by atoms with Gasteiger partial charge in [-0.15, -0.1) is 0 Å². The van der Waals surface area contributed by atoms with Crippen LogP contribution in [0.25, 0.3) is 0 Å². The first-order valence-corrected chi connectivity index (χ1v) is 7.11. The third kappa shape index (κ3) is 2.74. The molecule has 1 aliphatic heterocycles.